The van der Waals surface area contributed by atoms with E-state index >= 15 is 0 Å². The van der Waals surface area contributed by atoms with Crippen LogP contribution in [0.1, 0.15) is 62.8 Å². The van der Waals surface area contributed by atoms with Crippen LogP contribution in [0.4, 0.5) is 5.82 Å². The van der Waals surface area contributed by atoms with Gasteiger partial charge in [-0.1, -0.05) is 13.8 Å². The van der Waals surface area contributed by atoms with Gasteiger partial charge in [-0.15, -0.1) is 0 Å². The van der Waals surface area contributed by atoms with Crippen molar-refractivity contribution in [2.45, 2.75) is 65.3 Å². The molecule has 116 valence electrons. The third kappa shape index (κ3) is 3.23. The van der Waals surface area contributed by atoms with Gasteiger partial charge in [0.2, 0.25) is 0 Å². The van der Waals surface area contributed by atoms with Gasteiger partial charge in [-0.05, 0) is 62.0 Å². The van der Waals surface area contributed by atoms with Crippen LogP contribution in [0.25, 0.3) is 0 Å². The molecular weight excluding hydrogens is 258 g/mol. The van der Waals surface area contributed by atoms with E-state index in [4.69, 9.17) is 10.7 Å². The fourth-order valence-corrected chi connectivity index (χ4v) is 3.73. The molecule has 2 N–H and O–H groups in total. The van der Waals surface area contributed by atoms with Gasteiger partial charge in [0.25, 0.3) is 0 Å². The van der Waals surface area contributed by atoms with Gasteiger partial charge in [0, 0.05) is 30.9 Å². The Hall–Kier alpha value is -1.09. The van der Waals surface area contributed by atoms with E-state index in [2.05, 4.69) is 24.8 Å². The van der Waals surface area contributed by atoms with Crippen molar-refractivity contribution in [3.8, 4) is 0 Å². The third-order valence-corrected chi connectivity index (χ3v) is 5.22. The number of hydrogen-bond acceptors (Lipinski definition) is 3. The summed E-state index contributed by atoms with van der Waals surface area (Å²) in [6, 6.07) is 2.34. The zero-order valence-electron chi connectivity index (χ0n) is 13.6. The first-order chi connectivity index (χ1) is 10.1. The van der Waals surface area contributed by atoms with Crippen LogP contribution in [-0.2, 0) is 19.4 Å². The van der Waals surface area contributed by atoms with E-state index in [9.17, 15) is 0 Å². The Morgan fingerprint density at radius 2 is 1.95 bits per heavy atom. The molecule has 0 atom stereocenters. The summed E-state index contributed by atoms with van der Waals surface area (Å²) in [6.45, 7) is 7.63. The molecule has 3 rings (SSSR count). The van der Waals surface area contributed by atoms with Gasteiger partial charge >= 0.3 is 0 Å². The molecule has 0 aromatic carbocycles. The highest BCUT2D eigenvalue weighted by molar-refractivity contribution is 5.50. The number of rotatable bonds is 2. The monoisotopic (exact) mass is 287 g/mol. The topological polar surface area (TPSA) is 42.2 Å². The second-order valence-electron chi connectivity index (χ2n) is 7.49. The van der Waals surface area contributed by atoms with Crippen LogP contribution in [0.15, 0.2) is 6.07 Å². The first-order valence-electron chi connectivity index (χ1n) is 8.56. The maximum Gasteiger partial charge on any atom is 0.133 e. The van der Waals surface area contributed by atoms with Crippen LogP contribution in [0.5, 0.6) is 0 Å². The van der Waals surface area contributed by atoms with E-state index < -0.39 is 0 Å². The maximum atomic E-state index is 6.02. The first kappa shape index (κ1) is 14.8. The van der Waals surface area contributed by atoms with Crippen LogP contribution in [0, 0.1) is 5.41 Å². The number of nitrogens with two attached hydrogens (primary N) is 1. The van der Waals surface area contributed by atoms with E-state index in [0.29, 0.717) is 12.0 Å². The van der Waals surface area contributed by atoms with Gasteiger partial charge in [-0.25, -0.2) is 4.98 Å². The van der Waals surface area contributed by atoms with E-state index in [0.717, 1.165) is 19.5 Å². The summed E-state index contributed by atoms with van der Waals surface area (Å²) < 4.78 is 0. The number of pyridine rings is 1. The molecule has 1 aliphatic heterocycles. The molecule has 2 heterocycles. The smallest absolute Gasteiger partial charge is 0.133 e. The molecule has 1 aromatic heterocycles. The minimum absolute atomic E-state index is 0.464. The Morgan fingerprint density at radius 1 is 1.14 bits per heavy atom. The van der Waals surface area contributed by atoms with Crippen molar-refractivity contribution in [1.82, 2.24) is 4.98 Å². The molecule has 0 saturated carbocycles. The minimum atomic E-state index is 0.464. The number of hydrogen-bond donors (Lipinski definition) is 1. The molecule has 0 radical (unpaired) electrons. The molecule has 0 unspecified atom stereocenters. The van der Waals surface area contributed by atoms with E-state index in [1.165, 1.54) is 61.2 Å². The molecule has 1 aromatic rings. The highest BCUT2D eigenvalue weighted by Gasteiger charge is 2.25. The van der Waals surface area contributed by atoms with Crippen molar-refractivity contribution in [2.75, 3.05) is 18.0 Å². The first-order valence-corrected chi connectivity index (χ1v) is 8.56. The molecule has 0 bridgehead atoms. The lowest BCUT2D eigenvalue weighted by molar-refractivity contribution is 0.325. The molecule has 3 nitrogen and oxygen atoms in total. The highest BCUT2D eigenvalue weighted by atomic mass is 15.2. The predicted molar refractivity (Wildman–Crippen MR) is 88.6 cm³/mol. The third-order valence-electron chi connectivity index (χ3n) is 5.22. The maximum absolute atomic E-state index is 6.02. The van der Waals surface area contributed by atoms with Crippen LogP contribution < -0.4 is 10.6 Å². The lowest BCUT2D eigenvalue weighted by Gasteiger charge is -2.27. The van der Waals surface area contributed by atoms with Gasteiger partial charge in [0.1, 0.15) is 5.82 Å². The predicted octanol–water partition coefficient (Wildman–Crippen LogP) is 3.44. The van der Waals surface area contributed by atoms with E-state index in [-0.39, 0.29) is 0 Å². The molecule has 0 amide bonds. The Bertz CT molecular complexity index is 507. The van der Waals surface area contributed by atoms with Crippen molar-refractivity contribution in [1.29, 1.82) is 0 Å². The highest BCUT2D eigenvalue weighted by Crippen LogP contribution is 2.33. The average molecular weight is 287 g/mol. The van der Waals surface area contributed by atoms with Crippen molar-refractivity contribution >= 4 is 5.82 Å². The standard InChI is InChI=1S/C18H29N3/c1-18(2)8-5-10-21(11-9-18)17-15(13-19)12-14-6-3-4-7-16(14)20-17/h12H,3-11,13,19H2,1-2H3. The second-order valence-corrected chi connectivity index (χ2v) is 7.49. The Morgan fingerprint density at radius 3 is 2.76 bits per heavy atom. The number of nitrogens with zero attached hydrogens (tertiary/aromatic N) is 2. The van der Waals surface area contributed by atoms with Gasteiger partial charge in [-0.3, -0.25) is 0 Å². The summed E-state index contributed by atoms with van der Waals surface area (Å²) in [5.74, 6) is 1.18. The average Bonchev–Trinajstić information content (AvgIpc) is 2.66. The van der Waals surface area contributed by atoms with Crippen molar-refractivity contribution < 1.29 is 0 Å². The SMILES string of the molecule is CC1(C)CCCN(c2nc3c(cc2CN)CCCC3)CC1. The Labute approximate surface area is 128 Å². The molecule has 3 heteroatoms. The van der Waals surface area contributed by atoms with Crippen molar-refractivity contribution in [3.05, 3.63) is 22.9 Å². The summed E-state index contributed by atoms with van der Waals surface area (Å²) in [6.07, 6.45) is 8.73. The van der Waals surface area contributed by atoms with Gasteiger partial charge in [0.15, 0.2) is 0 Å². The number of aryl methyl sites for hydroxylation is 2. The summed E-state index contributed by atoms with van der Waals surface area (Å²) in [4.78, 5) is 7.53. The molecule has 1 saturated heterocycles. The lowest BCUT2D eigenvalue weighted by Crippen LogP contribution is -2.28. The molecule has 21 heavy (non-hydrogen) atoms. The molecule has 2 aliphatic rings. The largest absolute Gasteiger partial charge is 0.356 e. The summed E-state index contributed by atoms with van der Waals surface area (Å²) in [7, 11) is 0. The molecular formula is C18H29N3. The quantitative estimate of drug-likeness (QED) is 0.906. The van der Waals surface area contributed by atoms with Crippen LogP contribution in [-0.4, -0.2) is 18.1 Å². The molecule has 1 aliphatic carbocycles. The van der Waals surface area contributed by atoms with Gasteiger partial charge in [-0.2, -0.15) is 0 Å². The Kier molecular flexibility index (Phi) is 4.21. The minimum Gasteiger partial charge on any atom is -0.356 e. The fraction of sp³-hybridized carbons (Fsp3) is 0.722. The normalized spacial score (nSPS) is 21.8. The van der Waals surface area contributed by atoms with Crippen LogP contribution in [0.3, 0.4) is 0 Å². The van der Waals surface area contributed by atoms with Crippen LogP contribution in [0.2, 0.25) is 0 Å². The van der Waals surface area contributed by atoms with Crippen molar-refractivity contribution in [3.63, 3.8) is 0 Å². The van der Waals surface area contributed by atoms with Gasteiger partial charge in [0.05, 0.1) is 0 Å². The van der Waals surface area contributed by atoms with E-state index in [1.54, 1.807) is 0 Å². The number of fused-ring (bicyclic) bond motifs is 1. The number of aromatic nitrogens is 1. The Balaban J connectivity index is 1.90. The molecule has 1 fully saturated rings. The zero-order chi connectivity index (χ0) is 14.9. The number of anilines is 1. The van der Waals surface area contributed by atoms with E-state index in [1.807, 2.05) is 0 Å². The summed E-state index contributed by atoms with van der Waals surface area (Å²) >= 11 is 0. The molecule has 0 spiro atoms. The van der Waals surface area contributed by atoms with Crippen LogP contribution >= 0.6 is 0 Å². The zero-order valence-corrected chi connectivity index (χ0v) is 13.6. The second kappa shape index (κ2) is 5.96. The summed E-state index contributed by atoms with van der Waals surface area (Å²) in [5, 5.41) is 0. The summed E-state index contributed by atoms with van der Waals surface area (Å²) in [5.41, 5.74) is 10.5. The van der Waals surface area contributed by atoms with Gasteiger partial charge < -0.3 is 10.6 Å². The fourth-order valence-electron chi connectivity index (χ4n) is 3.73. The van der Waals surface area contributed by atoms with Crippen molar-refractivity contribution in [2.24, 2.45) is 11.1 Å². The lowest BCUT2D eigenvalue weighted by atomic mass is 9.85.